The Balaban J connectivity index is 1.77. The first-order valence-corrected chi connectivity index (χ1v) is 10.9. The van der Waals surface area contributed by atoms with E-state index in [1.807, 2.05) is 48.5 Å². The fourth-order valence-corrected chi connectivity index (χ4v) is 3.95. The average Bonchev–Trinajstić information content (AvgIpc) is 2.78. The van der Waals surface area contributed by atoms with Gasteiger partial charge in [0, 0.05) is 43.3 Å². The normalized spacial score (nSPS) is 16.8. The van der Waals surface area contributed by atoms with Gasteiger partial charge in [0.2, 0.25) is 6.41 Å². The second-order valence-corrected chi connectivity index (χ2v) is 8.29. The van der Waals surface area contributed by atoms with Crippen molar-refractivity contribution in [1.82, 2.24) is 9.80 Å². The van der Waals surface area contributed by atoms with Gasteiger partial charge in [-0.3, -0.25) is 9.69 Å². The molecular weight excluding hydrogens is 423 g/mol. The van der Waals surface area contributed by atoms with Crippen LogP contribution in [0.4, 0.5) is 0 Å². The summed E-state index contributed by atoms with van der Waals surface area (Å²) in [4.78, 5) is 15.7. The Morgan fingerprint density at radius 2 is 1.60 bits per heavy atom. The molecule has 2 atom stereocenters. The Labute approximate surface area is 188 Å². The standard InChI is InChI=1S/C23H28Cl2N2O3/c1-26(17-28)22(18-3-7-20(24)8-4-18)23(19-5-9-21(25)10-6-19)30-14-2-11-27-12-15-29-16-13-27/h3-10,17,22-23H,2,11-16H2,1H3. The first-order valence-electron chi connectivity index (χ1n) is 10.2. The minimum absolute atomic E-state index is 0.288. The smallest absolute Gasteiger partial charge is 0.210 e. The van der Waals surface area contributed by atoms with Gasteiger partial charge in [-0.25, -0.2) is 0 Å². The Kier molecular flexibility index (Phi) is 8.97. The lowest BCUT2D eigenvalue weighted by atomic mass is 9.94. The number of carbonyl (C=O) groups is 1. The zero-order valence-electron chi connectivity index (χ0n) is 17.2. The van der Waals surface area contributed by atoms with E-state index >= 15 is 0 Å². The number of likely N-dealkylation sites (N-methyl/N-ethyl adjacent to an activating group) is 1. The molecule has 30 heavy (non-hydrogen) atoms. The van der Waals surface area contributed by atoms with E-state index in [1.165, 1.54) is 0 Å². The van der Waals surface area contributed by atoms with Crippen LogP contribution in [-0.4, -0.2) is 62.7 Å². The van der Waals surface area contributed by atoms with E-state index in [-0.39, 0.29) is 12.1 Å². The third-order valence-corrected chi connectivity index (χ3v) is 5.83. The largest absolute Gasteiger partial charge is 0.379 e. The van der Waals surface area contributed by atoms with E-state index in [0.29, 0.717) is 16.7 Å². The van der Waals surface area contributed by atoms with Gasteiger partial charge in [0.15, 0.2) is 0 Å². The van der Waals surface area contributed by atoms with Gasteiger partial charge >= 0.3 is 0 Å². The molecule has 0 saturated carbocycles. The highest BCUT2D eigenvalue weighted by Crippen LogP contribution is 2.36. The van der Waals surface area contributed by atoms with E-state index in [9.17, 15) is 4.79 Å². The summed E-state index contributed by atoms with van der Waals surface area (Å²) in [6.07, 6.45) is 1.41. The number of amides is 1. The van der Waals surface area contributed by atoms with Crippen LogP contribution >= 0.6 is 23.2 Å². The van der Waals surface area contributed by atoms with Gasteiger partial charge in [0.1, 0.15) is 6.10 Å². The number of ether oxygens (including phenoxy) is 2. The van der Waals surface area contributed by atoms with Gasteiger partial charge in [-0.2, -0.15) is 0 Å². The highest BCUT2D eigenvalue weighted by Gasteiger charge is 2.29. The molecule has 1 fully saturated rings. The van der Waals surface area contributed by atoms with Crippen molar-refractivity contribution in [3.8, 4) is 0 Å². The van der Waals surface area contributed by atoms with E-state index in [4.69, 9.17) is 32.7 Å². The predicted molar refractivity (Wildman–Crippen MR) is 120 cm³/mol. The van der Waals surface area contributed by atoms with Crippen molar-refractivity contribution < 1.29 is 14.3 Å². The fourth-order valence-electron chi connectivity index (χ4n) is 3.69. The molecule has 0 aliphatic carbocycles. The number of halogens is 2. The van der Waals surface area contributed by atoms with Crippen LogP contribution in [0.1, 0.15) is 29.7 Å². The van der Waals surface area contributed by atoms with Crippen LogP contribution in [0.25, 0.3) is 0 Å². The lowest BCUT2D eigenvalue weighted by Gasteiger charge is -2.33. The molecule has 2 unspecified atom stereocenters. The minimum Gasteiger partial charge on any atom is -0.379 e. The summed E-state index contributed by atoms with van der Waals surface area (Å²) in [7, 11) is 1.77. The Bertz CT molecular complexity index is 780. The first-order chi connectivity index (χ1) is 14.6. The summed E-state index contributed by atoms with van der Waals surface area (Å²) in [5.74, 6) is 0. The number of morpholine rings is 1. The average molecular weight is 451 g/mol. The third-order valence-electron chi connectivity index (χ3n) is 5.32. The molecule has 162 valence electrons. The molecule has 0 bridgehead atoms. The van der Waals surface area contributed by atoms with Crippen LogP contribution in [0.5, 0.6) is 0 Å². The van der Waals surface area contributed by atoms with E-state index in [0.717, 1.165) is 56.8 Å². The first kappa shape index (κ1) is 23.0. The zero-order chi connectivity index (χ0) is 21.3. The van der Waals surface area contributed by atoms with Crippen molar-refractivity contribution >= 4 is 29.6 Å². The number of hydrogen-bond acceptors (Lipinski definition) is 4. The summed E-state index contributed by atoms with van der Waals surface area (Å²) in [6, 6.07) is 14.9. The van der Waals surface area contributed by atoms with Crippen LogP contribution in [0.2, 0.25) is 10.0 Å². The van der Waals surface area contributed by atoms with Crippen molar-refractivity contribution in [3.05, 3.63) is 69.7 Å². The Morgan fingerprint density at radius 1 is 1.03 bits per heavy atom. The van der Waals surface area contributed by atoms with Crippen molar-refractivity contribution in [2.45, 2.75) is 18.6 Å². The van der Waals surface area contributed by atoms with Gasteiger partial charge in [0.05, 0.1) is 19.3 Å². The molecule has 7 heteroatoms. The van der Waals surface area contributed by atoms with Crippen LogP contribution < -0.4 is 0 Å². The molecule has 2 aromatic rings. The zero-order valence-corrected chi connectivity index (χ0v) is 18.7. The minimum atomic E-state index is -0.330. The topological polar surface area (TPSA) is 42.0 Å². The Hall–Kier alpha value is -1.63. The van der Waals surface area contributed by atoms with Crippen LogP contribution in [0, 0.1) is 0 Å². The van der Waals surface area contributed by atoms with Crippen molar-refractivity contribution in [3.63, 3.8) is 0 Å². The van der Waals surface area contributed by atoms with Gasteiger partial charge in [-0.05, 0) is 41.8 Å². The van der Waals surface area contributed by atoms with Crippen molar-refractivity contribution in [2.75, 3.05) is 46.5 Å². The molecular formula is C23H28Cl2N2O3. The fraction of sp³-hybridized carbons (Fsp3) is 0.435. The molecule has 1 amide bonds. The summed E-state index contributed by atoms with van der Waals surface area (Å²) in [6.45, 7) is 5.05. The van der Waals surface area contributed by atoms with Crippen LogP contribution in [0.15, 0.2) is 48.5 Å². The number of benzene rings is 2. The lowest BCUT2D eigenvalue weighted by molar-refractivity contribution is -0.122. The molecule has 1 heterocycles. The summed E-state index contributed by atoms with van der Waals surface area (Å²) in [5.41, 5.74) is 1.93. The quantitative estimate of drug-likeness (QED) is 0.391. The third kappa shape index (κ3) is 6.43. The molecule has 1 aliphatic rings. The summed E-state index contributed by atoms with van der Waals surface area (Å²) < 4.78 is 11.8. The Morgan fingerprint density at radius 3 is 2.17 bits per heavy atom. The van der Waals surface area contributed by atoms with Gasteiger partial charge in [0.25, 0.3) is 0 Å². The number of hydrogen-bond donors (Lipinski definition) is 0. The number of rotatable bonds is 10. The molecule has 5 nitrogen and oxygen atoms in total. The number of nitrogens with zero attached hydrogens (tertiary/aromatic N) is 2. The molecule has 1 saturated heterocycles. The van der Waals surface area contributed by atoms with E-state index < -0.39 is 0 Å². The molecule has 1 aliphatic heterocycles. The van der Waals surface area contributed by atoms with Crippen molar-refractivity contribution in [2.24, 2.45) is 0 Å². The molecule has 0 N–H and O–H groups in total. The highest BCUT2D eigenvalue weighted by atomic mass is 35.5. The summed E-state index contributed by atoms with van der Waals surface area (Å²) >= 11 is 12.2. The molecule has 0 radical (unpaired) electrons. The monoisotopic (exact) mass is 450 g/mol. The maximum absolute atomic E-state index is 11.7. The number of carbonyl (C=O) groups excluding carboxylic acids is 1. The summed E-state index contributed by atoms with van der Waals surface area (Å²) in [5, 5.41) is 1.32. The van der Waals surface area contributed by atoms with Crippen LogP contribution in [0.3, 0.4) is 0 Å². The maximum Gasteiger partial charge on any atom is 0.210 e. The molecule has 2 aromatic carbocycles. The molecule has 0 aromatic heterocycles. The maximum atomic E-state index is 11.7. The SMILES string of the molecule is CN(C=O)C(c1ccc(Cl)cc1)C(OCCCN1CCOCC1)c1ccc(Cl)cc1. The molecule has 0 spiro atoms. The van der Waals surface area contributed by atoms with Crippen molar-refractivity contribution in [1.29, 1.82) is 0 Å². The van der Waals surface area contributed by atoms with E-state index in [1.54, 1.807) is 11.9 Å². The predicted octanol–water partition coefficient (Wildman–Crippen LogP) is 4.60. The molecule has 3 rings (SSSR count). The lowest BCUT2D eigenvalue weighted by Crippen LogP contribution is -2.37. The van der Waals surface area contributed by atoms with Crippen LogP contribution in [-0.2, 0) is 14.3 Å². The second kappa shape index (κ2) is 11.7. The van der Waals surface area contributed by atoms with Gasteiger partial charge < -0.3 is 14.4 Å². The van der Waals surface area contributed by atoms with E-state index in [2.05, 4.69) is 4.90 Å². The van der Waals surface area contributed by atoms with Gasteiger partial charge in [-0.15, -0.1) is 0 Å². The van der Waals surface area contributed by atoms with Gasteiger partial charge in [-0.1, -0.05) is 47.5 Å². The second-order valence-electron chi connectivity index (χ2n) is 7.42. The highest BCUT2D eigenvalue weighted by molar-refractivity contribution is 6.30.